The summed E-state index contributed by atoms with van der Waals surface area (Å²) in [6, 6.07) is -4.03. The molecular weight excluding hydrogens is 490 g/mol. The number of primary amides is 1. The van der Waals surface area contributed by atoms with Crippen LogP contribution in [0.25, 0.3) is 0 Å². The van der Waals surface area contributed by atoms with Crippen LogP contribution in [0, 0.1) is 17.3 Å². The zero-order valence-electron chi connectivity index (χ0n) is 23.0. The second-order valence-corrected chi connectivity index (χ2v) is 12.1. The van der Waals surface area contributed by atoms with Gasteiger partial charge in [-0.15, -0.1) is 0 Å². The Kier molecular flexibility index (Phi) is 9.54. The van der Waals surface area contributed by atoms with Gasteiger partial charge in [-0.25, -0.2) is 4.79 Å². The van der Waals surface area contributed by atoms with Crippen molar-refractivity contribution < 1.29 is 28.8 Å². The molecule has 38 heavy (non-hydrogen) atoms. The van der Waals surface area contributed by atoms with E-state index >= 15 is 0 Å². The van der Waals surface area contributed by atoms with E-state index in [9.17, 15) is 28.8 Å². The minimum absolute atomic E-state index is 0.00924. The molecule has 5 amide bonds. The number of rotatable bonds is 10. The highest BCUT2D eigenvalue weighted by molar-refractivity contribution is 6.37. The minimum Gasteiger partial charge on any atom is -0.363 e. The van der Waals surface area contributed by atoms with Gasteiger partial charge in [-0.2, -0.15) is 0 Å². The van der Waals surface area contributed by atoms with Crippen molar-refractivity contribution in [3.63, 3.8) is 0 Å². The molecule has 3 aliphatic rings. The van der Waals surface area contributed by atoms with E-state index in [-0.39, 0.29) is 17.6 Å². The van der Waals surface area contributed by atoms with Crippen molar-refractivity contribution in [2.75, 3.05) is 6.54 Å². The van der Waals surface area contributed by atoms with E-state index in [4.69, 9.17) is 5.73 Å². The third-order valence-corrected chi connectivity index (χ3v) is 7.92. The fourth-order valence-corrected chi connectivity index (χ4v) is 5.53. The minimum atomic E-state index is -1.15. The number of carbonyl (C=O) groups is 6. The van der Waals surface area contributed by atoms with Crippen molar-refractivity contribution in [3.05, 3.63) is 0 Å². The molecule has 2 aliphatic carbocycles. The van der Waals surface area contributed by atoms with Crippen LogP contribution < -0.4 is 21.7 Å². The quantitative estimate of drug-likeness (QED) is 0.308. The van der Waals surface area contributed by atoms with E-state index in [1.54, 1.807) is 0 Å². The highest BCUT2D eigenvalue weighted by Gasteiger charge is 2.44. The van der Waals surface area contributed by atoms with Gasteiger partial charge >= 0.3 is 6.03 Å². The van der Waals surface area contributed by atoms with Crippen LogP contribution in [0.3, 0.4) is 0 Å². The molecule has 11 heteroatoms. The second-order valence-electron chi connectivity index (χ2n) is 12.1. The van der Waals surface area contributed by atoms with E-state index in [1.165, 1.54) is 11.8 Å². The topological polar surface area (TPSA) is 168 Å². The van der Waals surface area contributed by atoms with E-state index in [0.29, 0.717) is 19.4 Å². The average molecular weight is 534 g/mol. The normalized spacial score (nSPS) is 22.6. The van der Waals surface area contributed by atoms with Crippen molar-refractivity contribution >= 4 is 35.3 Å². The molecule has 3 rings (SSSR count). The van der Waals surface area contributed by atoms with Gasteiger partial charge in [0.25, 0.3) is 5.91 Å². The van der Waals surface area contributed by atoms with Crippen LogP contribution in [0.4, 0.5) is 4.79 Å². The lowest BCUT2D eigenvalue weighted by atomic mass is 9.81. The number of ketones is 2. The maximum atomic E-state index is 13.7. The zero-order valence-corrected chi connectivity index (χ0v) is 23.0. The number of carbonyl (C=O) groups excluding carboxylic acids is 6. The third-order valence-electron chi connectivity index (χ3n) is 7.92. The first-order valence-corrected chi connectivity index (χ1v) is 13.9. The summed E-state index contributed by atoms with van der Waals surface area (Å²) in [6.45, 7) is 7.14. The molecule has 212 valence electrons. The first-order valence-electron chi connectivity index (χ1n) is 13.9. The van der Waals surface area contributed by atoms with Crippen molar-refractivity contribution in [2.24, 2.45) is 23.0 Å². The van der Waals surface area contributed by atoms with Gasteiger partial charge in [0.05, 0.1) is 12.1 Å². The van der Waals surface area contributed by atoms with E-state index in [0.717, 1.165) is 44.9 Å². The van der Waals surface area contributed by atoms with Crippen molar-refractivity contribution in [2.45, 2.75) is 110 Å². The number of likely N-dealkylation sites (tertiary alicyclic amines) is 1. The smallest absolute Gasteiger partial charge is 0.316 e. The molecule has 2 saturated carbocycles. The first-order chi connectivity index (χ1) is 17.8. The molecule has 0 bridgehead atoms. The predicted octanol–water partition coefficient (Wildman–Crippen LogP) is 1.18. The lowest BCUT2D eigenvalue weighted by Gasteiger charge is -2.36. The standard InChI is InChI=1S/C27H43N5O6/c1-15(20(33)23(28)35)29-24(36)18-11-8-14-32(18)25(37)22(27(2,3)4)31-26(38)30-19(21(34)17-12-13-17)16-9-6-5-7-10-16/h15-19,22H,5-14H2,1-4H3,(H2,28,35)(H,29,36)(H2,30,31,38). The Labute approximate surface area is 224 Å². The lowest BCUT2D eigenvalue weighted by Crippen LogP contribution is -2.61. The van der Waals surface area contributed by atoms with Crippen molar-refractivity contribution in [1.29, 1.82) is 0 Å². The summed E-state index contributed by atoms with van der Waals surface area (Å²) in [5.74, 6) is -2.84. The molecule has 11 nitrogen and oxygen atoms in total. The number of hydrogen-bond acceptors (Lipinski definition) is 6. The van der Waals surface area contributed by atoms with Gasteiger partial charge < -0.3 is 26.6 Å². The highest BCUT2D eigenvalue weighted by Crippen LogP contribution is 2.35. The van der Waals surface area contributed by atoms with Gasteiger partial charge in [-0.05, 0) is 56.8 Å². The number of nitrogens with two attached hydrogens (primary N) is 1. The summed E-state index contributed by atoms with van der Waals surface area (Å²) in [5, 5.41) is 8.20. The van der Waals surface area contributed by atoms with E-state index in [1.807, 2.05) is 20.8 Å². The summed E-state index contributed by atoms with van der Waals surface area (Å²) in [7, 11) is 0. The summed E-state index contributed by atoms with van der Waals surface area (Å²) >= 11 is 0. The largest absolute Gasteiger partial charge is 0.363 e. The molecule has 0 aromatic heterocycles. The number of amides is 5. The third kappa shape index (κ3) is 7.32. The van der Waals surface area contributed by atoms with Crippen LogP contribution in [0.1, 0.15) is 85.5 Å². The van der Waals surface area contributed by atoms with E-state index < -0.39 is 59.1 Å². The Balaban J connectivity index is 1.70. The monoisotopic (exact) mass is 533 g/mol. The molecule has 1 heterocycles. The first kappa shape index (κ1) is 29.6. The fourth-order valence-electron chi connectivity index (χ4n) is 5.53. The number of hydrogen-bond donors (Lipinski definition) is 4. The summed E-state index contributed by atoms with van der Waals surface area (Å²) < 4.78 is 0. The molecule has 4 atom stereocenters. The SMILES string of the molecule is CC(NC(=O)C1CCCN1C(=O)C(NC(=O)NC(C(=O)C1CC1)C1CCCCC1)C(C)(C)C)C(=O)C(N)=O. The van der Waals surface area contributed by atoms with Gasteiger partial charge in [-0.1, -0.05) is 40.0 Å². The van der Waals surface area contributed by atoms with E-state index in [2.05, 4.69) is 16.0 Å². The molecule has 3 fully saturated rings. The molecule has 4 unspecified atom stereocenters. The Morgan fingerprint density at radius 1 is 0.842 bits per heavy atom. The van der Waals surface area contributed by atoms with Crippen LogP contribution in [0.15, 0.2) is 0 Å². The Hall–Kier alpha value is -2.98. The molecule has 0 radical (unpaired) electrons. The number of Topliss-reactive ketones (excluding diaryl/α,β-unsaturated/α-hetero) is 2. The van der Waals surface area contributed by atoms with Gasteiger partial charge in [0.15, 0.2) is 5.78 Å². The van der Waals surface area contributed by atoms with Crippen LogP contribution in [0.2, 0.25) is 0 Å². The predicted molar refractivity (Wildman–Crippen MR) is 140 cm³/mol. The van der Waals surface area contributed by atoms with Gasteiger partial charge in [0.2, 0.25) is 17.6 Å². The second kappa shape index (κ2) is 12.3. The molecule has 5 N–H and O–H groups in total. The van der Waals surface area contributed by atoms with Crippen LogP contribution in [-0.4, -0.2) is 70.9 Å². The Morgan fingerprint density at radius 3 is 2.03 bits per heavy atom. The molecule has 1 saturated heterocycles. The summed E-state index contributed by atoms with van der Waals surface area (Å²) in [5.41, 5.74) is 4.34. The maximum absolute atomic E-state index is 13.7. The molecule has 1 aliphatic heterocycles. The van der Waals surface area contributed by atoms with Crippen LogP contribution >= 0.6 is 0 Å². The number of urea groups is 1. The Bertz CT molecular complexity index is 950. The van der Waals surface area contributed by atoms with Gasteiger partial charge in [0, 0.05) is 12.5 Å². The number of nitrogens with zero attached hydrogens (tertiary/aromatic N) is 1. The fraction of sp³-hybridized carbons (Fsp3) is 0.778. The summed E-state index contributed by atoms with van der Waals surface area (Å²) in [6.07, 6.45) is 7.67. The van der Waals surface area contributed by atoms with Gasteiger partial charge in [-0.3, -0.25) is 24.0 Å². The highest BCUT2D eigenvalue weighted by atomic mass is 16.2. The van der Waals surface area contributed by atoms with Crippen molar-refractivity contribution in [3.8, 4) is 0 Å². The van der Waals surface area contributed by atoms with Crippen LogP contribution in [-0.2, 0) is 24.0 Å². The molecule has 0 aromatic rings. The van der Waals surface area contributed by atoms with Crippen molar-refractivity contribution in [1.82, 2.24) is 20.9 Å². The molecule has 0 aromatic carbocycles. The molecule has 0 spiro atoms. The summed E-state index contributed by atoms with van der Waals surface area (Å²) in [4.78, 5) is 77.3. The Morgan fingerprint density at radius 2 is 1.47 bits per heavy atom. The van der Waals surface area contributed by atoms with Gasteiger partial charge in [0.1, 0.15) is 12.1 Å². The lowest BCUT2D eigenvalue weighted by molar-refractivity contribution is -0.143. The molecular formula is C27H43N5O6. The van der Waals surface area contributed by atoms with Crippen LogP contribution in [0.5, 0.6) is 0 Å². The maximum Gasteiger partial charge on any atom is 0.316 e. The number of nitrogens with one attached hydrogen (secondary N) is 3. The average Bonchev–Trinajstić information content (AvgIpc) is 3.60. The zero-order chi connectivity index (χ0) is 28.2.